The zero-order chi connectivity index (χ0) is 20.3. The molecule has 2 aromatic carbocycles. The van der Waals surface area contributed by atoms with Gasteiger partial charge in [0.05, 0.1) is 19.3 Å². The fraction of sp³-hybridized carbons (Fsp3) is 0.261. The third-order valence-corrected chi connectivity index (χ3v) is 7.05. The normalized spacial score (nSPS) is 13.5. The number of rotatable bonds is 8. The summed E-state index contributed by atoms with van der Waals surface area (Å²) in [5, 5.41) is 13.2. The van der Waals surface area contributed by atoms with Gasteiger partial charge in [-0.05, 0) is 42.7 Å². The van der Waals surface area contributed by atoms with E-state index in [0.717, 1.165) is 45.3 Å². The fourth-order valence-corrected chi connectivity index (χ4v) is 5.11. The molecule has 152 valence electrons. The van der Waals surface area contributed by atoms with Crippen LogP contribution >= 0.6 is 23.1 Å². The number of nitrogens with zero attached hydrogens (tertiary/aromatic N) is 4. The molecule has 0 aliphatic heterocycles. The number of thiazole rings is 1. The van der Waals surface area contributed by atoms with Crippen molar-refractivity contribution in [1.82, 2.24) is 19.7 Å². The summed E-state index contributed by atoms with van der Waals surface area (Å²) in [4.78, 5) is 4.82. The van der Waals surface area contributed by atoms with Crippen LogP contribution < -0.4 is 4.74 Å². The number of aromatic nitrogens is 4. The van der Waals surface area contributed by atoms with Crippen molar-refractivity contribution in [3.8, 4) is 16.3 Å². The highest BCUT2D eigenvalue weighted by atomic mass is 32.2. The van der Waals surface area contributed by atoms with Gasteiger partial charge in [-0.15, -0.1) is 21.5 Å². The van der Waals surface area contributed by atoms with E-state index in [1.807, 2.05) is 24.3 Å². The minimum Gasteiger partial charge on any atom is -0.497 e. The average molecular weight is 435 g/mol. The van der Waals surface area contributed by atoms with Gasteiger partial charge < -0.3 is 9.30 Å². The maximum absolute atomic E-state index is 5.24. The Morgan fingerprint density at radius 2 is 1.87 bits per heavy atom. The lowest BCUT2D eigenvalue weighted by Gasteiger charge is -2.09. The smallest absolute Gasteiger partial charge is 0.191 e. The second-order valence-corrected chi connectivity index (χ2v) is 9.15. The van der Waals surface area contributed by atoms with Crippen molar-refractivity contribution in [2.75, 3.05) is 7.11 Å². The fourth-order valence-electron chi connectivity index (χ4n) is 3.34. The van der Waals surface area contributed by atoms with Crippen LogP contribution in [0.25, 0.3) is 10.6 Å². The van der Waals surface area contributed by atoms with Crippen LogP contribution in [0.4, 0.5) is 0 Å². The lowest BCUT2D eigenvalue weighted by atomic mass is 10.2. The molecular formula is C23H22N4OS2. The van der Waals surface area contributed by atoms with E-state index in [1.54, 1.807) is 30.2 Å². The Kier molecular flexibility index (Phi) is 5.55. The number of ether oxygens (including phenoxy) is 1. The maximum atomic E-state index is 5.24. The van der Waals surface area contributed by atoms with Gasteiger partial charge in [-0.25, -0.2) is 4.98 Å². The molecule has 1 aliphatic carbocycles. The molecule has 0 spiro atoms. The third-order valence-electron chi connectivity index (χ3n) is 5.11. The first kappa shape index (κ1) is 19.3. The van der Waals surface area contributed by atoms with Gasteiger partial charge in [-0.1, -0.05) is 42.1 Å². The minimum atomic E-state index is 0.566. The molecule has 7 heteroatoms. The molecule has 0 bridgehead atoms. The summed E-state index contributed by atoms with van der Waals surface area (Å²) < 4.78 is 7.53. The lowest BCUT2D eigenvalue weighted by molar-refractivity contribution is 0.415. The molecule has 2 aromatic heterocycles. The van der Waals surface area contributed by atoms with Crippen LogP contribution in [-0.2, 0) is 12.3 Å². The van der Waals surface area contributed by atoms with Gasteiger partial charge in [0.25, 0.3) is 0 Å². The Morgan fingerprint density at radius 1 is 1.07 bits per heavy atom. The second kappa shape index (κ2) is 8.62. The molecule has 1 saturated carbocycles. The van der Waals surface area contributed by atoms with Crippen LogP contribution in [0.5, 0.6) is 5.75 Å². The monoisotopic (exact) mass is 434 g/mol. The average Bonchev–Trinajstić information content (AvgIpc) is 3.39. The van der Waals surface area contributed by atoms with Crippen LogP contribution in [-0.4, -0.2) is 26.9 Å². The second-order valence-electron chi connectivity index (χ2n) is 7.35. The van der Waals surface area contributed by atoms with E-state index >= 15 is 0 Å². The van der Waals surface area contributed by atoms with Crippen LogP contribution in [0.15, 0.2) is 65.1 Å². The van der Waals surface area contributed by atoms with E-state index in [0.29, 0.717) is 5.92 Å². The van der Waals surface area contributed by atoms with Crippen molar-refractivity contribution < 1.29 is 4.74 Å². The highest BCUT2D eigenvalue weighted by Gasteiger charge is 2.30. The molecule has 5 nitrogen and oxygen atoms in total. The van der Waals surface area contributed by atoms with Gasteiger partial charge in [0.1, 0.15) is 16.6 Å². The van der Waals surface area contributed by atoms with Crippen molar-refractivity contribution in [3.05, 3.63) is 77.1 Å². The first-order valence-corrected chi connectivity index (χ1v) is 11.9. The van der Waals surface area contributed by atoms with E-state index in [1.165, 1.54) is 18.4 Å². The predicted molar refractivity (Wildman–Crippen MR) is 121 cm³/mol. The standard InChI is InChI=1S/C23H22N4OS2/c1-28-20-11-9-18(10-12-20)22-24-19(14-29-22)15-30-23-26-25-21(17-7-8-17)27(23)13-16-5-3-2-4-6-16/h2-6,9-12,14,17H,7-8,13,15H2,1H3. The molecule has 4 aromatic rings. The first-order valence-electron chi connectivity index (χ1n) is 9.99. The Hall–Kier alpha value is -2.64. The summed E-state index contributed by atoms with van der Waals surface area (Å²) >= 11 is 3.38. The van der Waals surface area contributed by atoms with Crippen LogP contribution in [0.3, 0.4) is 0 Å². The Balaban J connectivity index is 1.31. The Bertz CT molecular complexity index is 1120. The van der Waals surface area contributed by atoms with Gasteiger partial charge in [-0.3, -0.25) is 0 Å². The summed E-state index contributed by atoms with van der Waals surface area (Å²) in [5.41, 5.74) is 3.45. The molecule has 2 heterocycles. The molecule has 1 fully saturated rings. The SMILES string of the molecule is COc1ccc(-c2nc(CSc3nnc(C4CC4)n3Cc3ccccc3)cs2)cc1. The molecule has 0 saturated heterocycles. The molecule has 0 radical (unpaired) electrons. The lowest BCUT2D eigenvalue weighted by Crippen LogP contribution is -2.06. The van der Waals surface area contributed by atoms with Crippen LogP contribution in [0, 0.1) is 0 Å². The molecular weight excluding hydrogens is 412 g/mol. The third kappa shape index (κ3) is 4.27. The number of hydrogen-bond acceptors (Lipinski definition) is 6. The summed E-state index contributed by atoms with van der Waals surface area (Å²) in [6.07, 6.45) is 2.43. The topological polar surface area (TPSA) is 52.8 Å². The number of hydrogen-bond donors (Lipinski definition) is 0. The Morgan fingerprint density at radius 3 is 2.60 bits per heavy atom. The van der Waals surface area contributed by atoms with Crippen molar-refractivity contribution in [3.63, 3.8) is 0 Å². The summed E-state index contributed by atoms with van der Waals surface area (Å²) in [7, 11) is 1.68. The molecule has 0 unspecified atom stereocenters. The molecule has 1 aliphatic rings. The van der Waals surface area contributed by atoms with Gasteiger partial charge in [0.15, 0.2) is 5.16 Å². The number of thioether (sulfide) groups is 1. The molecule has 5 rings (SSSR count). The van der Waals surface area contributed by atoms with E-state index in [2.05, 4.69) is 50.5 Å². The number of benzene rings is 2. The number of methoxy groups -OCH3 is 1. The van der Waals surface area contributed by atoms with E-state index < -0.39 is 0 Å². The van der Waals surface area contributed by atoms with Gasteiger partial charge in [0, 0.05) is 22.6 Å². The summed E-state index contributed by atoms with van der Waals surface area (Å²) in [6.45, 7) is 0.816. The summed E-state index contributed by atoms with van der Waals surface area (Å²) in [6, 6.07) is 18.6. The van der Waals surface area contributed by atoms with Crippen LogP contribution in [0.2, 0.25) is 0 Å². The van der Waals surface area contributed by atoms with E-state index in [4.69, 9.17) is 9.72 Å². The zero-order valence-electron chi connectivity index (χ0n) is 16.7. The first-order chi connectivity index (χ1) is 14.8. The quantitative estimate of drug-likeness (QED) is 0.337. The zero-order valence-corrected chi connectivity index (χ0v) is 18.3. The van der Waals surface area contributed by atoms with E-state index in [9.17, 15) is 0 Å². The molecule has 0 atom stereocenters. The minimum absolute atomic E-state index is 0.566. The maximum Gasteiger partial charge on any atom is 0.191 e. The van der Waals surface area contributed by atoms with E-state index in [-0.39, 0.29) is 0 Å². The van der Waals surface area contributed by atoms with Crippen molar-refractivity contribution in [1.29, 1.82) is 0 Å². The van der Waals surface area contributed by atoms with Crippen molar-refractivity contribution in [2.24, 2.45) is 0 Å². The molecule has 30 heavy (non-hydrogen) atoms. The van der Waals surface area contributed by atoms with Gasteiger partial charge in [0.2, 0.25) is 0 Å². The molecule has 0 N–H and O–H groups in total. The van der Waals surface area contributed by atoms with Crippen molar-refractivity contribution in [2.45, 2.75) is 36.2 Å². The summed E-state index contributed by atoms with van der Waals surface area (Å²) in [5.74, 6) is 3.33. The van der Waals surface area contributed by atoms with Crippen LogP contribution in [0.1, 0.15) is 35.8 Å². The largest absolute Gasteiger partial charge is 0.497 e. The predicted octanol–water partition coefficient (Wildman–Crippen LogP) is 5.63. The highest BCUT2D eigenvalue weighted by molar-refractivity contribution is 7.98. The highest BCUT2D eigenvalue weighted by Crippen LogP contribution is 2.40. The molecule has 0 amide bonds. The Labute approximate surface area is 184 Å². The van der Waals surface area contributed by atoms with Crippen molar-refractivity contribution >= 4 is 23.1 Å². The van der Waals surface area contributed by atoms with Gasteiger partial charge in [-0.2, -0.15) is 0 Å². The van der Waals surface area contributed by atoms with Gasteiger partial charge >= 0.3 is 0 Å².